The lowest BCUT2D eigenvalue weighted by Crippen LogP contribution is -2.08. The van der Waals surface area contributed by atoms with E-state index in [4.69, 9.17) is 5.11 Å². The molecule has 1 aromatic carbocycles. The smallest absolute Gasteiger partial charge is 0.387 e. The normalized spacial score (nSPS) is 10.4. The van der Waals surface area contributed by atoms with Crippen molar-refractivity contribution >= 4 is 11.8 Å². The summed E-state index contributed by atoms with van der Waals surface area (Å²) in [6, 6.07) is 3.42. The summed E-state index contributed by atoms with van der Waals surface area (Å²) in [6.07, 6.45) is -0.150. The number of carboxylic acid groups (broad SMARTS) is 1. The lowest BCUT2D eigenvalue weighted by atomic mass is 10.0. The minimum atomic E-state index is -3.02. The molecule has 0 spiro atoms. The van der Waals surface area contributed by atoms with Crippen molar-refractivity contribution in [3.05, 3.63) is 29.3 Å². The van der Waals surface area contributed by atoms with E-state index in [0.29, 0.717) is 0 Å². The molecule has 4 nitrogen and oxygen atoms in total. The summed E-state index contributed by atoms with van der Waals surface area (Å²) < 4.78 is 28.3. The van der Waals surface area contributed by atoms with E-state index in [2.05, 4.69) is 4.74 Å². The van der Waals surface area contributed by atoms with Crippen molar-refractivity contribution in [2.45, 2.75) is 20.0 Å². The molecule has 1 aromatic rings. The van der Waals surface area contributed by atoms with Crippen LogP contribution in [0, 0.1) is 0 Å². The van der Waals surface area contributed by atoms with Crippen molar-refractivity contribution in [2.75, 3.05) is 0 Å². The number of aromatic carboxylic acids is 1. The van der Waals surface area contributed by atoms with Gasteiger partial charge in [-0.15, -0.1) is 0 Å². The Morgan fingerprint density at radius 2 is 2.06 bits per heavy atom. The van der Waals surface area contributed by atoms with E-state index in [0.717, 1.165) is 18.2 Å². The van der Waals surface area contributed by atoms with E-state index in [-0.39, 0.29) is 29.1 Å². The number of hydrogen-bond donors (Lipinski definition) is 1. The standard InChI is InChI=1S/C11H10F2O4/c1-6(14)4-8-5-7(10(15)16)2-3-9(8)17-11(12)13/h2-3,5,11H,4H2,1H3,(H,15,16). The third-order valence-electron chi connectivity index (χ3n) is 1.96. The zero-order valence-corrected chi connectivity index (χ0v) is 8.94. The Kier molecular flexibility index (Phi) is 4.14. The van der Waals surface area contributed by atoms with E-state index in [1.54, 1.807) is 0 Å². The van der Waals surface area contributed by atoms with Crippen LogP contribution in [0.25, 0.3) is 0 Å². The molecule has 0 fully saturated rings. The SMILES string of the molecule is CC(=O)Cc1cc(C(=O)O)ccc1OC(F)F. The number of ketones is 1. The van der Waals surface area contributed by atoms with Gasteiger partial charge in [-0.3, -0.25) is 4.79 Å². The molecule has 0 saturated carbocycles. The van der Waals surface area contributed by atoms with Crippen LogP contribution in [0.1, 0.15) is 22.8 Å². The number of hydrogen-bond acceptors (Lipinski definition) is 3. The van der Waals surface area contributed by atoms with Crippen molar-refractivity contribution in [2.24, 2.45) is 0 Å². The van der Waals surface area contributed by atoms with E-state index >= 15 is 0 Å². The van der Waals surface area contributed by atoms with Gasteiger partial charge < -0.3 is 9.84 Å². The van der Waals surface area contributed by atoms with Crippen LogP contribution < -0.4 is 4.74 Å². The molecule has 0 aliphatic rings. The van der Waals surface area contributed by atoms with Crippen molar-refractivity contribution in [1.82, 2.24) is 0 Å². The number of ether oxygens (including phenoxy) is 1. The second-order valence-corrected chi connectivity index (χ2v) is 3.38. The minimum absolute atomic E-state index is 0.0807. The predicted octanol–water partition coefficient (Wildman–Crippen LogP) is 2.12. The predicted molar refractivity (Wildman–Crippen MR) is 54.4 cm³/mol. The summed E-state index contributed by atoms with van der Waals surface area (Å²) >= 11 is 0. The van der Waals surface area contributed by atoms with Crippen molar-refractivity contribution in [1.29, 1.82) is 0 Å². The highest BCUT2D eigenvalue weighted by molar-refractivity contribution is 5.89. The fraction of sp³-hybridized carbons (Fsp3) is 0.273. The second-order valence-electron chi connectivity index (χ2n) is 3.38. The highest BCUT2D eigenvalue weighted by Gasteiger charge is 2.14. The average molecular weight is 244 g/mol. The molecule has 0 atom stereocenters. The molecule has 0 aliphatic carbocycles. The number of Topliss-reactive ketones (excluding diaryl/α,β-unsaturated/α-hetero) is 1. The maximum absolute atomic E-state index is 12.1. The van der Waals surface area contributed by atoms with Crippen LogP contribution >= 0.6 is 0 Å². The Morgan fingerprint density at radius 3 is 2.53 bits per heavy atom. The van der Waals surface area contributed by atoms with Gasteiger partial charge >= 0.3 is 12.6 Å². The van der Waals surface area contributed by atoms with Crippen LogP contribution in [-0.2, 0) is 11.2 Å². The molecule has 6 heteroatoms. The number of alkyl halides is 2. The van der Waals surface area contributed by atoms with Gasteiger partial charge in [-0.1, -0.05) is 0 Å². The molecule has 0 radical (unpaired) electrons. The fourth-order valence-electron chi connectivity index (χ4n) is 1.33. The van der Waals surface area contributed by atoms with Gasteiger partial charge in [0.2, 0.25) is 0 Å². The van der Waals surface area contributed by atoms with Crippen LogP contribution in [0.5, 0.6) is 5.75 Å². The van der Waals surface area contributed by atoms with Gasteiger partial charge in [0.05, 0.1) is 5.56 Å². The van der Waals surface area contributed by atoms with Crippen molar-refractivity contribution < 1.29 is 28.2 Å². The summed E-state index contributed by atoms with van der Waals surface area (Å²) in [5.74, 6) is -1.65. The molecule has 1 N–H and O–H groups in total. The highest BCUT2D eigenvalue weighted by atomic mass is 19.3. The van der Waals surface area contributed by atoms with Crippen LogP contribution in [0.3, 0.4) is 0 Å². The van der Waals surface area contributed by atoms with Gasteiger partial charge in [0.25, 0.3) is 0 Å². The molecule has 0 bridgehead atoms. The number of carbonyl (C=O) groups excluding carboxylic acids is 1. The topological polar surface area (TPSA) is 63.6 Å². The summed E-state index contributed by atoms with van der Waals surface area (Å²) in [5, 5.41) is 8.74. The molecule has 0 aromatic heterocycles. The summed E-state index contributed by atoms with van der Waals surface area (Å²) in [4.78, 5) is 21.6. The number of benzene rings is 1. The van der Waals surface area contributed by atoms with Crippen LogP contribution in [-0.4, -0.2) is 23.5 Å². The molecular formula is C11H10F2O4. The quantitative estimate of drug-likeness (QED) is 0.861. The third-order valence-corrected chi connectivity index (χ3v) is 1.96. The zero-order chi connectivity index (χ0) is 13.0. The molecule has 92 valence electrons. The zero-order valence-electron chi connectivity index (χ0n) is 8.94. The Balaban J connectivity index is 3.11. The first-order valence-electron chi connectivity index (χ1n) is 4.70. The first-order valence-corrected chi connectivity index (χ1v) is 4.70. The first kappa shape index (κ1) is 13.1. The molecule has 0 unspecified atom stereocenters. The second kappa shape index (κ2) is 5.38. The molecule has 0 amide bonds. The van der Waals surface area contributed by atoms with Gasteiger partial charge in [0, 0.05) is 12.0 Å². The average Bonchev–Trinajstić information content (AvgIpc) is 2.18. The molecule has 1 rings (SSSR count). The maximum atomic E-state index is 12.1. The summed E-state index contributed by atoms with van der Waals surface area (Å²) in [5.41, 5.74) is 0.0561. The maximum Gasteiger partial charge on any atom is 0.387 e. The van der Waals surface area contributed by atoms with Gasteiger partial charge in [-0.25, -0.2) is 4.79 Å². The molecule has 0 heterocycles. The van der Waals surface area contributed by atoms with Crippen LogP contribution in [0.4, 0.5) is 8.78 Å². The number of rotatable bonds is 5. The fourth-order valence-corrected chi connectivity index (χ4v) is 1.33. The summed E-state index contributed by atoms with van der Waals surface area (Å²) in [7, 11) is 0. The van der Waals surface area contributed by atoms with Gasteiger partial charge in [-0.2, -0.15) is 8.78 Å². The first-order chi connectivity index (χ1) is 7.90. The van der Waals surface area contributed by atoms with Crippen molar-refractivity contribution in [3.8, 4) is 5.75 Å². The molecule has 0 aliphatic heterocycles. The van der Waals surface area contributed by atoms with Gasteiger partial charge in [0.1, 0.15) is 11.5 Å². The highest BCUT2D eigenvalue weighted by Crippen LogP contribution is 2.23. The van der Waals surface area contributed by atoms with Gasteiger partial charge in [0.15, 0.2) is 0 Å². The van der Waals surface area contributed by atoms with E-state index in [1.165, 1.54) is 6.92 Å². The number of carboxylic acids is 1. The Bertz CT molecular complexity index is 443. The third kappa shape index (κ3) is 3.82. The lowest BCUT2D eigenvalue weighted by Gasteiger charge is -2.10. The minimum Gasteiger partial charge on any atom is -0.478 e. The van der Waals surface area contributed by atoms with Crippen LogP contribution in [0.2, 0.25) is 0 Å². The number of halogens is 2. The van der Waals surface area contributed by atoms with E-state index in [1.807, 2.05) is 0 Å². The molecule has 17 heavy (non-hydrogen) atoms. The Morgan fingerprint density at radius 1 is 1.41 bits per heavy atom. The van der Waals surface area contributed by atoms with Crippen molar-refractivity contribution in [3.63, 3.8) is 0 Å². The monoisotopic (exact) mass is 244 g/mol. The lowest BCUT2D eigenvalue weighted by molar-refractivity contribution is -0.116. The Hall–Kier alpha value is -1.98. The van der Waals surface area contributed by atoms with Crippen LogP contribution in [0.15, 0.2) is 18.2 Å². The Labute approximate surface area is 95.8 Å². The van der Waals surface area contributed by atoms with E-state index in [9.17, 15) is 18.4 Å². The largest absolute Gasteiger partial charge is 0.478 e. The van der Waals surface area contributed by atoms with Gasteiger partial charge in [-0.05, 0) is 25.1 Å². The molecule has 0 saturated heterocycles. The summed E-state index contributed by atoms with van der Waals surface area (Å²) in [6.45, 7) is -1.74. The molecular weight excluding hydrogens is 234 g/mol. The van der Waals surface area contributed by atoms with E-state index < -0.39 is 12.6 Å². The number of carbonyl (C=O) groups is 2.